The number of carbonyl (C=O) groups is 2. The number of nitrogens with zero attached hydrogens (tertiary/aromatic N) is 3. The van der Waals surface area contributed by atoms with Crippen molar-refractivity contribution in [2.45, 2.75) is 39.7 Å². The highest BCUT2D eigenvalue weighted by molar-refractivity contribution is 6.32. The second-order valence-electron chi connectivity index (χ2n) is 6.88. The molecule has 0 aliphatic heterocycles. The molecule has 9 heteroatoms. The van der Waals surface area contributed by atoms with Gasteiger partial charge in [0.05, 0.1) is 10.7 Å². The molecule has 0 bridgehead atoms. The minimum Gasteiger partial charge on any atom is -0.444 e. The van der Waals surface area contributed by atoms with E-state index in [0.717, 1.165) is 0 Å². The number of aromatic nitrogens is 3. The average molecular weight is 394 g/mol. The Morgan fingerprint density at radius 3 is 2.52 bits per heavy atom. The van der Waals surface area contributed by atoms with E-state index in [-0.39, 0.29) is 11.7 Å². The van der Waals surface area contributed by atoms with Crippen LogP contribution in [-0.4, -0.2) is 45.5 Å². The van der Waals surface area contributed by atoms with Crippen molar-refractivity contribution < 1.29 is 14.3 Å². The van der Waals surface area contributed by atoms with Crippen molar-refractivity contribution in [3.8, 4) is 5.69 Å². The quantitative estimate of drug-likeness (QED) is 0.735. The third-order valence-electron chi connectivity index (χ3n) is 3.36. The maximum Gasteiger partial charge on any atom is 0.407 e. The van der Waals surface area contributed by atoms with Crippen LogP contribution in [0.4, 0.5) is 4.79 Å². The molecule has 0 atom stereocenters. The number of para-hydroxylation sites is 1. The van der Waals surface area contributed by atoms with Gasteiger partial charge >= 0.3 is 6.09 Å². The molecule has 0 unspecified atom stereocenters. The SMILES string of the molecule is Cc1nc(C(=O)NCCCNC(=O)OC(C)(C)C)nn1-c1ccccc1Cl. The first-order valence-electron chi connectivity index (χ1n) is 8.61. The summed E-state index contributed by atoms with van der Waals surface area (Å²) in [6.45, 7) is 7.89. The van der Waals surface area contributed by atoms with Crippen LogP contribution in [0.3, 0.4) is 0 Å². The number of amides is 2. The molecule has 1 aromatic heterocycles. The number of hydrogen-bond donors (Lipinski definition) is 2. The molecule has 2 rings (SSSR count). The second kappa shape index (κ2) is 8.85. The molecule has 2 N–H and O–H groups in total. The first-order valence-corrected chi connectivity index (χ1v) is 8.99. The van der Waals surface area contributed by atoms with Crippen molar-refractivity contribution in [1.82, 2.24) is 25.4 Å². The molecule has 2 aromatic rings. The zero-order valence-corrected chi connectivity index (χ0v) is 16.6. The third-order valence-corrected chi connectivity index (χ3v) is 3.68. The minimum atomic E-state index is -0.539. The predicted molar refractivity (Wildman–Crippen MR) is 102 cm³/mol. The first kappa shape index (κ1) is 20.7. The van der Waals surface area contributed by atoms with Crippen molar-refractivity contribution in [3.63, 3.8) is 0 Å². The van der Waals surface area contributed by atoms with E-state index in [2.05, 4.69) is 20.7 Å². The molecule has 0 fully saturated rings. The summed E-state index contributed by atoms with van der Waals surface area (Å²) in [7, 11) is 0. The monoisotopic (exact) mass is 393 g/mol. The maximum atomic E-state index is 12.2. The van der Waals surface area contributed by atoms with Gasteiger partial charge in [0.25, 0.3) is 5.91 Å². The van der Waals surface area contributed by atoms with Gasteiger partial charge in [-0.1, -0.05) is 23.7 Å². The molecule has 0 aliphatic carbocycles. The molecular formula is C18H24ClN5O3. The molecule has 0 spiro atoms. The van der Waals surface area contributed by atoms with E-state index >= 15 is 0 Å². The number of nitrogens with one attached hydrogen (secondary N) is 2. The van der Waals surface area contributed by atoms with Crippen molar-refractivity contribution in [2.75, 3.05) is 13.1 Å². The van der Waals surface area contributed by atoms with E-state index < -0.39 is 11.7 Å². The molecule has 8 nitrogen and oxygen atoms in total. The van der Waals surface area contributed by atoms with Gasteiger partial charge < -0.3 is 15.4 Å². The molecule has 0 radical (unpaired) electrons. The molecule has 2 amide bonds. The number of hydrogen-bond acceptors (Lipinski definition) is 5. The number of rotatable bonds is 6. The van der Waals surface area contributed by atoms with Gasteiger partial charge in [0.1, 0.15) is 11.4 Å². The molecule has 27 heavy (non-hydrogen) atoms. The zero-order valence-electron chi connectivity index (χ0n) is 15.9. The Morgan fingerprint density at radius 2 is 1.85 bits per heavy atom. The van der Waals surface area contributed by atoms with Gasteiger partial charge in [0.15, 0.2) is 0 Å². The third kappa shape index (κ3) is 6.25. The van der Waals surface area contributed by atoms with Crippen LogP contribution in [0.5, 0.6) is 0 Å². The van der Waals surface area contributed by atoms with Crippen LogP contribution in [0.1, 0.15) is 43.6 Å². The number of alkyl carbamates (subject to hydrolysis) is 1. The molecular weight excluding hydrogens is 370 g/mol. The molecule has 0 saturated heterocycles. The summed E-state index contributed by atoms with van der Waals surface area (Å²) in [6, 6.07) is 7.19. The van der Waals surface area contributed by atoms with Crippen LogP contribution < -0.4 is 10.6 Å². The van der Waals surface area contributed by atoms with Crippen LogP contribution in [0, 0.1) is 6.92 Å². The van der Waals surface area contributed by atoms with Crippen LogP contribution in [-0.2, 0) is 4.74 Å². The van der Waals surface area contributed by atoms with Gasteiger partial charge in [-0.25, -0.2) is 14.5 Å². The average Bonchev–Trinajstić information content (AvgIpc) is 2.95. The smallest absolute Gasteiger partial charge is 0.407 e. The van der Waals surface area contributed by atoms with Crippen LogP contribution in [0.2, 0.25) is 5.02 Å². The van der Waals surface area contributed by atoms with Gasteiger partial charge in [-0.15, -0.1) is 5.10 Å². The van der Waals surface area contributed by atoms with E-state index in [1.165, 1.54) is 4.68 Å². The van der Waals surface area contributed by atoms with Gasteiger partial charge in [0.2, 0.25) is 5.82 Å². The summed E-state index contributed by atoms with van der Waals surface area (Å²) in [4.78, 5) is 27.9. The summed E-state index contributed by atoms with van der Waals surface area (Å²) < 4.78 is 6.66. The normalized spacial score (nSPS) is 11.1. The Bertz CT molecular complexity index is 814. The minimum absolute atomic E-state index is 0.0625. The molecule has 1 aromatic carbocycles. The van der Waals surface area contributed by atoms with Crippen molar-refractivity contribution >= 4 is 23.6 Å². The van der Waals surface area contributed by atoms with Crippen molar-refractivity contribution in [2.24, 2.45) is 0 Å². The molecule has 0 saturated carbocycles. The Labute approximate surface area is 163 Å². The lowest BCUT2D eigenvalue weighted by molar-refractivity contribution is 0.0527. The van der Waals surface area contributed by atoms with E-state index in [1.807, 2.05) is 12.1 Å². The van der Waals surface area contributed by atoms with Gasteiger partial charge in [-0.3, -0.25) is 4.79 Å². The lowest BCUT2D eigenvalue weighted by Gasteiger charge is -2.19. The van der Waals surface area contributed by atoms with Crippen molar-refractivity contribution in [3.05, 3.63) is 40.9 Å². The zero-order chi connectivity index (χ0) is 20.0. The first-order chi connectivity index (χ1) is 12.7. The van der Waals surface area contributed by atoms with Crippen molar-refractivity contribution in [1.29, 1.82) is 0 Å². The number of carbonyl (C=O) groups excluding carboxylic acids is 2. The maximum absolute atomic E-state index is 12.2. The van der Waals surface area contributed by atoms with E-state index in [0.29, 0.717) is 36.0 Å². The summed E-state index contributed by atoms with van der Waals surface area (Å²) in [5.74, 6) is 0.230. The fourth-order valence-electron chi connectivity index (χ4n) is 2.21. The lowest BCUT2D eigenvalue weighted by Crippen LogP contribution is -2.34. The van der Waals surface area contributed by atoms with E-state index in [9.17, 15) is 9.59 Å². The summed E-state index contributed by atoms with van der Waals surface area (Å²) in [5, 5.41) is 10.1. The number of benzene rings is 1. The molecule has 1 heterocycles. The standard InChI is InChI=1S/C18H24ClN5O3/c1-12-22-15(23-24(12)14-9-6-5-8-13(14)19)16(25)20-10-7-11-21-17(26)27-18(2,3)4/h5-6,8-9H,7,10-11H2,1-4H3,(H,20,25)(H,21,26). The summed E-state index contributed by atoms with van der Waals surface area (Å²) in [5.41, 5.74) is 0.118. The largest absolute Gasteiger partial charge is 0.444 e. The number of ether oxygens (including phenoxy) is 1. The Balaban J connectivity index is 1.83. The Morgan fingerprint density at radius 1 is 1.19 bits per heavy atom. The number of halogens is 1. The topological polar surface area (TPSA) is 98.1 Å². The number of aryl methyl sites for hydroxylation is 1. The second-order valence-corrected chi connectivity index (χ2v) is 7.29. The van der Waals surface area contributed by atoms with Crippen LogP contribution >= 0.6 is 11.6 Å². The Hall–Kier alpha value is -2.61. The van der Waals surface area contributed by atoms with Crippen LogP contribution in [0.25, 0.3) is 5.69 Å². The van der Waals surface area contributed by atoms with E-state index in [4.69, 9.17) is 16.3 Å². The fourth-order valence-corrected chi connectivity index (χ4v) is 2.43. The van der Waals surface area contributed by atoms with Gasteiger partial charge in [-0.05, 0) is 46.2 Å². The van der Waals surface area contributed by atoms with Gasteiger partial charge in [-0.2, -0.15) is 0 Å². The Kier molecular flexibility index (Phi) is 6.79. The lowest BCUT2D eigenvalue weighted by atomic mass is 10.2. The highest BCUT2D eigenvalue weighted by Gasteiger charge is 2.17. The highest BCUT2D eigenvalue weighted by Crippen LogP contribution is 2.20. The summed E-state index contributed by atoms with van der Waals surface area (Å²) >= 11 is 6.17. The predicted octanol–water partition coefficient (Wildman–Crippen LogP) is 2.87. The van der Waals surface area contributed by atoms with Gasteiger partial charge in [0, 0.05) is 13.1 Å². The molecule has 0 aliphatic rings. The van der Waals surface area contributed by atoms with E-state index in [1.54, 1.807) is 39.8 Å². The van der Waals surface area contributed by atoms with Crippen LogP contribution in [0.15, 0.2) is 24.3 Å². The highest BCUT2D eigenvalue weighted by atomic mass is 35.5. The molecule has 146 valence electrons. The summed E-state index contributed by atoms with van der Waals surface area (Å²) in [6.07, 6.45) is 0.0689. The fraction of sp³-hybridized carbons (Fsp3) is 0.444.